The Balaban J connectivity index is 1.51. The van der Waals surface area contributed by atoms with Crippen LogP contribution in [0.1, 0.15) is 11.1 Å². The summed E-state index contributed by atoms with van der Waals surface area (Å²) in [6, 6.07) is 27.2. The monoisotopic (exact) mass is 462 g/mol. The van der Waals surface area contributed by atoms with Crippen molar-refractivity contribution in [2.45, 2.75) is 12.1 Å². The van der Waals surface area contributed by atoms with E-state index in [4.69, 9.17) is 0 Å². The predicted molar refractivity (Wildman–Crippen MR) is 144 cm³/mol. The molecule has 36 heavy (non-hydrogen) atoms. The van der Waals surface area contributed by atoms with Crippen molar-refractivity contribution in [1.82, 2.24) is 4.57 Å². The van der Waals surface area contributed by atoms with Gasteiger partial charge in [0, 0.05) is 28.3 Å². The van der Waals surface area contributed by atoms with Crippen LogP contribution in [0.4, 0.5) is 5.69 Å². The lowest BCUT2D eigenvalue weighted by molar-refractivity contribution is 0.527. The van der Waals surface area contributed by atoms with Gasteiger partial charge in [0.1, 0.15) is 6.07 Å². The van der Waals surface area contributed by atoms with Crippen molar-refractivity contribution in [1.29, 1.82) is 10.5 Å². The largest absolute Gasteiger partial charge is 0.354 e. The van der Waals surface area contributed by atoms with Crippen LogP contribution in [0, 0.1) is 34.5 Å². The van der Waals surface area contributed by atoms with Gasteiger partial charge in [0.15, 0.2) is 0 Å². The van der Waals surface area contributed by atoms with Crippen molar-refractivity contribution >= 4 is 33.2 Å². The standard InChI is InChI=1S/C32H22N4/c33-19-21-16-17-30-26(18-21)24-10-3-5-13-28(24)35(30)31-15-7-11-25-23-9-2-6-14-29(23)36(32(25)31)27-12-4-1-8-22(27)20-34/h1-18,23,25,29,32H. The molecule has 1 aromatic heterocycles. The highest BCUT2D eigenvalue weighted by Crippen LogP contribution is 2.49. The third-order valence-electron chi connectivity index (χ3n) is 7.84. The molecule has 0 bridgehead atoms. The lowest BCUT2D eigenvalue weighted by Gasteiger charge is -2.36. The van der Waals surface area contributed by atoms with Crippen LogP contribution in [0.3, 0.4) is 0 Å². The summed E-state index contributed by atoms with van der Waals surface area (Å²) in [5.74, 6) is 0.572. The molecule has 2 aliphatic carbocycles. The molecule has 0 amide bonds. The van der Waals surface area contributed by atoms with Crippen molar-refractivity contribution in [3.05, 3.63) is 120 Å². The summed E-state index contributed by atoms with van der Waals surface area (Å²) in [5.41, 5.74) is 5.71. The minimum absolute atomic E-state index is 0.0431. The first-order valence-electron chi connectivity index (χ1n) is 12.2. The van der Waals surface area contributed by atoms with Crippen molar-refractivity contribution < 1.29 is 0 Å². The second-order valence-electron chi connectivity index (χ2n) is 9.57. The second kappa shape index (κ2) is 7.87. The fourth-order valence-corrected chi connectivity index (χ4v) is 6.41. The Morgan fingerprint density at radius 1 is 0.694 bits per heavy atom. The third-order valence-corrected chi connectivity index (χ3v) is 7.84. The maximum Gasteiger partial charge on any atom is 0.101 e. The Morgan fingerprint density at radius 3 is 2.36 bits per heavy atom. The van der Waals surface area contributed by atoms with Crippen molar-refractivity contribution in [3.63, 3.8) is 0 Å². The number of hydrogen-bond acceptors (Lipinski definition) is 3. The van der Waals surface area contributed by atoms with Gasteiger partial charge in [-0.15, -0.1) is 0 Å². The first-order chi connectivity index (χ1) is 17.8. The van der Waals surface area contributed by atoms with Gasteiger partial charge in [-0.25, -0.2) is 0 Å². The molecule has 4 atom stereocenters. The summed E-state index contributed by atoms with van der Waals surface area (Å²) < 4.78 is 2.36. The molecule has 4 nitrogen and oxygen atoms in total. The van der Waals surface area contributed by atoms with E-state index in [2.05, 4.69) is 101 Å². The number of aromatic nitrogens is 1. The molecule has 3 aliphatic rings. The summed E-state index contributed by atoms with van der Waals surface area (Å²) in [5, 5.41) is 21.8. The first kappa shape index (κ1) is 20.6. The molecule has 1 saturated heterocycles. The minimum Gasteiger partial charge on any atom is -0.354 e. The van der Waals surface area contributed by atoms with Gasteiger partial charge < -0.3 is 9.47 Å². The number of nitriles is 2. The lowest BCUT2D eigenvalue weighted by atomic mass is 9.82. The van der Waals surface area contributed by atoms with Gasteiger partial charge in [-0.05, 0) is 42.5 Å². The molecule has 3 aromatic carbocycles. The highest BCUT2D eigenvalue weighted by Gasteiger charge is 2.49. The summed E-state index contributed by atoms with van der Waals surface area (Å²) in [4.78, 5) is 2.45. The Kier molecular flexibility index (Phi) is 4.50. The second-order valence-corrected chi connectivity index (χ2v) is 9.57. The summed E-state index contributed by atoms with van der Waals surface area (Å²) >= 11 is 0. The highest BCUT2D eigenvalue weighted by molar-refractivity contribution is 6.10. The molecule has 7 rings (SSSR count). The van der Waals surface area contributed by atoms with E-state index in [1.165, 1.54) is 5.70 Å². The van der Waals surface area contributed by atoms with Gasteiger partial charge in [-0.2, -0.15) is 10.5 Å². The zero-order valence-electron chi connectivity index (χ0n) is 19.5. The molecule has 2 heterocycles. The van der Waals surface area contributed by atoms with E-state index >= 15 is 0 Å². The highest BCUT2D eigenvalue weighted by atomic mass is 15.3. The van der Waals surface area contributed by atoms with Crippen LogP contribution >= 0.6 is 0 Å². The van der Waals surface area contributed by atoms with Crippen LogP contribution < -0.4 is 4.90 Å². The number of anilines is 1. The zero-order valence-corrected chi connectivity index (χ0v) is 19.5. The van der Waals surface area contributed by atoms with Gasteiger partial charge in [0.05, 0.1) is 46.0 Å². The Hall–Kier alpha value is -4.80. The van der Waals surface area contributed by atoms with Crippen molar-refractivity contribution in [3.8, 4) is 12.1 Å². The molecule has 1 fully saturated rings. The summed E-state index contributed by atoms with van der Waals surface area (Å²) in [6.45, 7) is 0. The van der Waals surface area contributed by atoms with Crippen LogP contribution in [0.25, 0.3) is 27.5 Å². The number of para-hydroxylation sites is 2. The first-order valence-corrected chi connectivity index (χ1v) is 12.2. The van der Waals surface area contributed by atoms with Crippen LogP contribution in [0.5, 0.6) is 0 Å². The van der Waals surface area contributed by atoms with Crippen LogP contribution in [-0.2, 0) is 0 Å². The van der Waals surface area contributed by atoms with Gasteiger partial charge in [0.25, 0.3) is 0 Å². The summed E-state index contributed by atoms with van der Waals surface area (Å²) in [7, 11) is 0. The lowest BCUT2D eigenvalue weighted by Crippen LogP contribution is -2.40. The number of fused-ring (bicyclic) bond motifs is 6. The van der Waals surface area contributed by atoms with E-state index in [1.807, 2.05) is 30.3 Å². The Morgan fingerprint density at radius 2 is 1.47 bits per heavy atom. The van der Waals surface area contributed by atoms with Gasteiger partial charge in [0.2, 0.25) is 0 Å². The van der Waals surface area contributed by atoms with Crippen LogP contribution in [0.2, 0.25) is 0 Å². The fraction of sp³-hybridized carbons (Fsp3) is 0.125. The summed E-state index contributed by atoms with van der Waals surface area (Å²) in [6.07, 6.45) is 15.6. The maximum atomic E-state index is 9.98. The molecule has 4 heteroatoms. The number of hydrogen-bond donors (Lipinski definition) is 0. The molecular formula is C32H22N4. The quantitative estimate of drug-likeness (QED) is 0.339. The predicted octanol–water partition coefficient (Wildman–Crippen LogP) is 6.56. The number of allylic oxidation sites excluding steroid dienone is 4. The molecule has 0 radical (unpaired) electrons. The van der Waals surface area contributed by atoms with E-state index in [1.54, 1.807) is 0 Å². The number of rotatable bonds is 2. The molecular weight excluding hydrogens is 440 g/mol. The van der Waals surface area contributed by atoms with Crippen LogP contribution in [-0.4, -0.2) is 16.7 Å². The van der Waals surface area contributed by atoms with E-state index in [9.17, 15) is 10.5 Å². The number of benzene rings is 3. The molecule has 170 valence electrons. The fourth-order valence-electron chi connectivity index (χ4n) is 6.41. The molecule has 0 N–H and O–H groups in total. The molecule has 4 aromatic rings. The van der Waals surface area contributed by atoms with E-state index in [0.29, 0.717) is 17.0 Å². The van der Waals surface area contributed by atoms with Gasteiger partial charge in [-0.1, -0.05) is 66.8 Å². The smallest absolute Gasteiger partial charge is 0.101 e. The third kappa shape index (κ3) is 2.79. The normalized spacial score (nSPS) is 23.8. The van der Waals surface area contributed by atoms with Crippen LogP contribution in [0.15, 0.2) is 109 Å². The Labute approximate surface area is 209 Å². The molecule has 0 spiro atoms. The van der Waals surface area contributed by atoms with E-state index < -0.39 is 0 Å². The average Bonchev–Trinajstić information content (AvgIpc) is 3.45. The number of nitrogens with zero attached hydrogens (tertiary/aromatic N) is 4. The Bertz CT molecular complexity index is 1750. The minimum atomic E-state index is 0.0431. The SMILES string of the molecule is N#Cc1ccc2c(c1)c1ccccc1n2C1=CC=CC2C3C=CC=CC3N(c3ccccc3C#N)C12. The van der Waals surface area contributed by atoms with Gasteiger partial charge >= 0.3 is 0 Å². The topological polar surface area (TPSA) is 55.8 Å². The van der Waals surface area contributed by atoms with Crippen molar-refractivity contribution in [2.75, 3.05) is 4.90 Å². The molecule has 4 unspecified atom stereocenters. The van der Waals surface area contributed by atoms with Crippen molar-refractivity contribution in [2.24, 2.45) is 11.8 Å². The average molecular weight is 463 g/mol. The van der Waals surface area contributed by atoms with Gasteiger partial charge in [-0.3, -0.25) is 0 Å². The van der Waals surface area contributed by atoms with E-state index in [0.717, 1.165) is 27.5 Å². The molecule has 1 aliphatic heterocycles. The zero-order chi connectivity index (χ0) is 24.2. The molecule has 0 saturated carbocycles. The maximum absolute atomic E-state index is 9.98. The van der Waals surface area contributed by atoms with E-state index in [-0.39, 0.29) is 18.0 Å².